The summed E-state index contributed by atoms with van der Waals surface area (Å²) in [6.45, 7) is 0. The second kappa shape index (κ2) is 7.74. The van der Waals surface area contributed by atoms with Gasteiger partial charge < -0.3 is 10.1 Å². The molecule has 7 heteroatoms. The molecule has 0 unspecified atom stereocenters. The highest BCUT2D eigenvalue weighted by Crippen LogP contribution is 2.28. The van der Waals surface area contributed by atoms with E-state index in [0.29, 0.717) is 5.56 Å². The van der Waals surface area contributed by atoms with Crippen molar-refractivity contribution >= 4 is 15.9 Å². The molecular formula is C18H26N2O4S. The van der Waals surface area contributed by atoms with Gasteiger partial charge in [0.1, 0.15) is 10.6 Å². The highest BCUT2D eigenvalue weighted by molar-refractivity contribution is 7.89. The van der Waals surface area contributed by atoms with Crippen LogP contribution in [0.3, 0.4) is 0 Å². The zero-order chi connectivity index (χ0) is 17.9. The standard InChI is InChI=1S/C18H26N2O4S/c1-24-16-11-8-13(12-17(16)25(22,23)20-15-9-10-15)18(21)19-14-6-4-2-3-5-7-14/h8,11-12,14-15,20H,2-7,9-10H2,1H3,(H,19,21). The first kappa shape index (κ1) is 18.2. The zero-order valence-corrected chi connectivity index (χ0v) is 15.4. The molecule has 1 aromatic rings. The summed E-state index contributed by atoms with van der Waals surface area (Å²) in [5, 5.41) is 3.05. The molecule has 1 aromatic carbocycles. The van der Waals surface area contributed by atoms with Crippen molar-refractivity contribution < 1.29 is 17.9 Å². The summed E-state index contributed by atoms with van der Waals surface area (Å²) in [6.07, 6.45) is 8.34. The fourth-order valence-corrected chi connectivity index (χ4v) is 4.70. The minimum Gasteiger partial charge on any atom is -0.495 e. The fourth-order valence-electron chi connectivity index (χ4n) is 3.20. The smallest absolute Gasteiger partial charge is 0.251 e. The van der Waals surface area contributed by atoms with Crippen molar-refractivity contribution in [3.63, 3.8) is 0 Å². The molecule has 2 aliphatic carbocycles. The quantitative estimate of drug-likeness (QED) is 0.758. The highest BCUT2D eigenvalue weighted by atomic mass is 32.2. The van der Waals surface area contributed by atoms with Crippen LogP contribution in [0.5, 0.6) is 5.75 Å². The number of sulfonamides is 1. The van der Waals surface area contributed by atoms with Crippen molar-refractivity contribution in [2.75, 3.05) is 7.11 Å². The van der Waals surface area contributed by atoms with Crippen LogP contribution in [0, 0.1) is 0 Å². The number of amides is 1. The van der Waals surface area contributed by atoms with Crippen molar-refractivity contribution in [3.05, 3.63) is 23.8 Å². The average molecular weight is 366 g/mol. The first-order chi connectivity index (χ1) is 12.0. The van der Waals surface area contributed by atoms with Gasteiger partial charge in [0, 0.05) is 17.6 Å². The van der Waals surface area contributed by atoms with Crippen molar-refractivity contribution in [1.29, 1.82) is 0 Å². The van der Waals surface area contributed by atoms with E-state index in [-0.39, 0.29) is 28.6 Å². The molecule has 1 amide bonds. The van der Waals surface area contributed by atoms with E-state index in [0.717, 1.165) is 38.5 Å². The van der Waals surface area contributed by atoms with Crippen LogP contribution in [0.1, 0.15) is 61.7 Å². The van der Waals surface area contributed by atoms with Crippen molar-refractivity contribution in [2.24, 2.45) is 0 Å². The molecule has 3 rings (SSSR count). The van der Waals surface area contributed by atoms with Crippen molar-refractivity contribution in [1.82, 2.24) is 10.0 Å². The molecule has 6 nitrogen and oxygen atoms in total. The number of carbonyl (C=O) groups is 1. The Morgan fingerprint density at radius 3 is 2.32 bits per heavy atom. The Balaban J connectivity index is 1.79. The first-order valence-corrected chi connectivity index (χ1v) is 10.5. The molecule has 138 valence electrons. The molecule has 2 fully saturated rings. The molecule has 0 heterocycles. The van der Waals surface area contributed by atoms with Gasteiger partial charge in [0.05, 0.1) is 7.11 Å². The lowest BCUT2D eigenvalue weighted by Crippen LogP contribution is -2.34. The average Bonchev–Trinajstić information content (AvgIpc) is 3.41. The first-order valence-electron chi connectivity index (χ1n) is 9.01. The topological polar surface area (TPSA) is 84.5 Å². The van der Waals surface area contributed by atoms with Gasteiger partial charge in [-0.15, -0.1) is 0 Å². The maximum absolute atomic E-state index is 12.6. The molecule has 0 aromatic heterocycles. The van der Waals surface area contributed by atoms with E-state index in [4.69, 9.17) is 4.74 Å². The van der Waals surface area contributed by atoms with Crippen LogP contribution >= 0.6 is 0 Å². The fraction of sp³-hybridized carbons (Fsp3) is 0.611. The van der Waals surface area contributed by atoms with Crippen LogP contribution in [0.15, 0.2) is 23.1 Å². The van der Waals surface area contributed by atoms with Gasteiger partial charge >= 0.3 is 0 Å². The summed E-state index contributed by atoms with van der Waals surface area (Å²) >= 11 is 0. The van der Waals surface area contributed by atoms with E-state index in [2.05, 4.69) is 10.0 Å². The maximum atomic E-state index is 12.6. The maximum Gasteiger partial charge on any atom is 0.251 e. The number of methoxy groups -OCH3 is 1. The number of hydrogen-bond acceptors (Lipinski definition) is 4. The van der Waals surface area contributed by atoms with E-state index in [1.165, 1.54) is 26.0 Å². The number of ether oxygens (including phenoxy) is 1. The van der Waals surface area contributed by atoms with Crippen LogP contribution in [0.2, 0.25) is 0 Å². The molecule has 0 radical (unpaired) electrons. The second-order valence-corrected chi connectivity index (χ2v) is 8.61. The molecule has 2 saturated carbocycles. The summed E-state index contributed by atoms with van der Waals surface area (Å²) in [5.74, 6) is 0.0246. The van der Waals surface area contributed by atoms with Crippen molar-refractivity contribution in [2.45, 2.75) is 68.3 Å². The third kappa shape index (κ3) is 4.73. The van der Waals surface area contributed by atoms with E-state index >= 15 is 0 Å². The van der Waals surface area contributed by atoms with Crippen LogP contribution in [0.25, 0.3) is 0 Å². The highest BCUT2D eigenvalue weighted by Gasteiger charge is 2.30. The van der Waals surface area contributed by atoms with Gasteiger partial charge in [-0.1, -0.05) is 25.7 Å². The van der Waals surface area contributed by atoms with Crippen LogP contribution in [-0.2, 0) is 10.0 Å². The lowest BCUT2D eigenvalue weighted by molar-refractivity contribution is 0.0933. The number of benzene rings is 1. The minimum atomic E-state index is -3.69. The van der Waals surface area contributed by atoms with Gasteiger partial charge in [-0.25, -0.2) is 13.1 Å². The normalized spacial score (nSPS) is 19.2. The molecule has 0 bridgehead atoms. The number of rotatable bonds is 6. The summed E-state index contributed by atoms with van der Waals surface area (Å²) < 4.78 is 32.9. The molecule has 0 saturated heterocycles. The summed E-state index contributed by atoms with van der Waals surface area (Å²) in [5.41, 5.74) is 0.348. The van der Waals surface area contributed by atoms with Gasteiger partial charge in [-0.3, -0.25) is 4.79 Å². The summed E-state index contributed by atoms with van der Waals surface area (Å²) in [6, 6.07) is 4.74. The Morgan fingerprint density at radius 2 is 1.72 bits per heavy atom. The summed E-state index contributed by atoms with van der Waals surface area (Å²) in [7, 11) is -2.26. The molecule has 25 heavy (non-hydrogen) atoms. The molecule has 2 N–H and O–H groups in total. The molecule has 0 atom stereocenters. The van der Waals surface area contributed by atoms with Crippen LogP contribution in [-0.4, -0.2) is 33.5 Å². The largest absolute Gasteiger partial charge is 0.495 e. The van der Waals surface area contributed by atoms with Gasteiger partial charge in [-0.05, 0) is 43.9 Å². The lowest BCUT2D eigenvalue weighted by atomic mass is 10.1. The third-order valence-corrected chi connectivity index (χ3v) is 6.35. The third-order valence-electron chi connectivity index (χ3n) is 4.80. The predicted molar refractivity (Wildman–Crippen MR) is 95.3 cm³/mol. The predicted octanol–water partition coefficient (Wildman–Crippen LogP) is 2.59. The van der Waals surface area contributed by atoms with Gasteiger partial charge in [-0.2, -0.15) is 0 Å². The zero-order valence-electron chi connectivity index (χ0n) is 14.6. The molecular weight excluding hydrogens is 340 g/mol. The Morgan fingerprint density at radius 1 is 1.04 bits per heavy atom. The molecule has 0 aliphatic heterocycles. The monoisotopic (exact) mass is 366 g/mol. The van der Waals surface area contributed by atoms with E-state index in [1.807, 2.05) is 0 Å². The van der Waals surface area contributed by atoms with Gasteiger partial charge in [0.25, 0.3) is 5.91 Å². The SMILES string of the molecule is COc1ccc(C(=O)NC2CCCCCC2)cc1S(=O)(=O)NC1CC1. The van der Waals surface area contributed by atoms with Crippen LogP contribution in [0.4, 0.5) is 0 Å². The Bertz CT molecular complexity index is 721. The second-order valence-electron chi connectivity index (χ2n) is 6.92. The van der Waals surface area contributed by atoms with E-state index < -0.39 is 10.0 Å². The van der Waals surface area contributed by atoms with Gasteiger partial charge in [0.15, 0.2) is 0 Å². The Labute approximate surface area is 149 Å². The minimum absolute atomic E-state index is 0.00169. The van der Waals surface area contributed by atoms with Crippen LogP contribution < -0.4 is 14.8 Å². The van der Waals surface area contributed by atoms with Crippen molar-refractivity contribution in [3.8, 4) is 5.75 Å². The van der Waals surface area contributed by atoms with E-state index in [1.54, 1.807) is 12.1 Å². The Hall–Kier alpha value is -1.60. The number of nitrogens with one attached hydrogen (secondary N) is 2. The van der Waals surface area contributed by atoms with E-state index in [9.17, 15) is 13.2 Å². The Kier molecular flexibility index (Phi) is 5.64. The van der Waals surface area contributed by atoms with Gasteiger partial charge in [0.2, 0.25) is 10.0 Å². The number of carbonyl (C=O) groups excluding carboxylic acids is 1. The number of hydrogen-bond donors (Lipinski definition) is 2. The molecule has 0 spiro atoms. The summed E-state index contributed by atoms with van der Waals surface area (Å²) in [4.78, 5) is 12.6. The lowest BCUT2D eigenvalue weighted by Gasteiger charge is -2.17. The molecule has 2 aliphatic rings.